The molecule has 0 unspecified atom stereocenters. The van der Waals surface area contributed by atoms with Crippen molar-refractivity contribution >= 4 is 45.6 Å². The van der Waals surface area contributed by atoms with Crippen LogP contribution in [0.1, 0.15) is 27.3 Å². The number of carbonyl (C=O) groups is 1. The van der Waals surface area contributed by atoms with Gasteiger partial charge in [0, 0.05) is 11.1 Å². The van der Waals surface area contributed by atoms with Crippen LogP contribution in [0.25, 0.3) is 16.7 Å². The first-order valence-electron chi connectivity index (χ1n) is 9.80. The van der Waals surface area contributed by atoms with Gasteiger partial charge >= 0.3 is 0 Å². The van der Waals surface area contributed by atoms with Gasteiger partial charge < -0.3 is 5.32 Å². The largest absolute Gasteiger partial charge is 0.336 e. The van der Waals surface area contributed by atoms with Gasteiger partial charge in [-0.15, -0.1) is 10.2 Å². The van der Waals surface area contributed by atoms with E-state index in [1.807, 2.05) is 78.9 Å². The minimum Gasteiger partial charge on any atom is -0.336 e. The molecule has 5 aromatic rings. The molecule has 152 valence electrons. The van der Waals surface area contributed by atoms with E-state index in [1.54, 1.807) is 6.07 Å². The monoisotopic (exact) mass is 427 g/mol. The topological polar surface area (TPSA) is 72.2 Å². The number of nitrogens with one attached hydrogen (secondary N) is 1. The van der Waals surface area contributed by atoms with Crippen LogP contribution in [0.5, 0.6) is 0 Å². The molecule has 3 aromatic carbocycles. The van der Waals surface area contributed by atoms with E-state index in [4.69, 9.17) is 16.6 Å². The number of ketones is 1. The first-order valence-corrected chi connectivity index (χ1v) is 10.2. The second-order valence-electron chi connectivity index (χ2n) is 7.37. The first kappa shape index (κ1) is 19.2. The molecule has 0 radical (unpaired) electrons. The van der Waals surface area contributed by atoms with Gasteiger partial charge in [-0.3, -0.25) is 9.20 Å². The first-order chi connectivity index (χ1) is 15.0. The summed E-state index contributed by atoms with van der Waals surface area (Å²) in [6.45, 7) is 3.85. The Morgan fingerprint density at radius 3 is 2.52 bits per heavy atom. The van der Waals surface area contributed by atoms with Crippen molar-refractivity contribution < 1.29 is 4.79 Å². The van der Waals surface area contributed by atoms with Crippen molar-refractivity contribution in [1.82, 2.24) is 19.6 Å². The zero-order chi connectivity index (χ0) is 21.5. The third-order valence-electron chi connectivity index (χ3n) is 5.16. The molecule has 0 saturated carbocycles. The number of nitrogens with zero attached hydrogens (tertiary/aromatic N) is 4. The lowest BCUT2D eigenvalue weighted by molar-refractivity contribution is 0.103. The zero-order valence-corrected chi connectivity index (χ0v) is 17.7. The molecule has 0 bridgehead atoms. The van der Waals surface area contributed by atoms with Crippen molar-refractivity contribution in [1.29, 1.82) is 0 Å². The maximum Gasteiger partial charge on any atom is 0.204 e. The molecule has 0 saturated heterocycles. The van der Waals surface area contributed by atoms with Gasteiger partial charge in [-0.25, -0.2) is 4.98 Å². The van der Waals surface area contributed by atoms with Crippen molar-refractivity contribution in [3.05, 3.63) is 94.3 Å². The van der Waals surface area contributed by atoms with E-state index in [1.165, 1.54) is 0 Å². The molecule has 0 spiro atoms. The smallest absolute Gasteiger partial charge is 0.204 e. The van der Waals surface area contributed by atoms with E-state index in [0.29, 0.717) is 39.0 Å². The number of aromatic nitrogens is 4. The van der Waals surface area contributed by atoms with Crippen LogP contribution >= 0.6 is 11.6 Å². The number of rotatable bonds is 4. The zero-order valence-electron chi connectivity index (χ0n) is 16.9. The van der Waals surface area contributed by atoms with E-state index >= 15 is 0 Å². The highest BCUT2D eigenvalue weighted by Crippen LogP contribution is 2.29. The Morgan fingerprint density at radius 2 is 1.74 bits per heavy atom. The Morgan fingerprint density at radius 1 is 0.935 bits per heavy atom. The van der Waals surface area contributed by atoms with Crippen LogP contribution in [0.2, 0.25) is 5.02 Å². The van der Waals surface area contributed by atoms with E-state index < -0.39 is 0 Å². The van der Waals surface area contributed by atoms with Crippen LogP contribution in [0.3, 0.4) is 0 Å². The minimum atomic E-state index is -0.0463. The third kappa shape index (κ3) is 3.41. The van der Waals surface area contributed by atoms with Gasteiger partial charge in [0.1, 0.15) is 5.82 Å². The summed E-state index contributed by atoms with van der Waals surface area (Å²) in [5.41, 5.74) is 5.06. The fraction of sp³-hybridized carbons (Fsp3) is 0.0833. The van der Waals surface area contributed by atoms with Crippen molar-refractivity contribution in [2.75, 3.05) is 5.32 Å². The molecule has 0 fully saturated rings. The van der Waals surface area contributed by atoms with Gasteiger partial charge in [0.25, 0.3) is 0 Å². The van der Waals surface area contributed by atoms with Crippen molar-refractivity contribution in [3.63, 3.8) is 0 Å². The molecule has 6 nitrogen and oxygen atoms in total. The Kier molecular flexibility index (Phi) is 4.64. The number of carbonyl (C=O) groups excluding carboxylic acids is 1. The summed E-state index contributed by atoms with van der Waals surface area (Å²) in [7, 11) is 0. The summed E-state index contributed by atoms with van der Waals surface area (Å²) in [5.74, 6) is 1.20. The molecule has 5 rings (SSSR count). The fourth-order valence-electron chi connectivity index (χ4n) is 3.60. The molecule has 2 heterocycles. The summed E-state index contributed by atoms with van der Waals surface area (Å²) in [5, 5.41) is 12.4. The molecule has 0 aliphatic rings. The molecule has 7 heteroatoms. The lowest BCUT2D eigenvalue weighted by Gasteiger charge is -2.12. The van der Waals surface area contributed by atoms with Crippen LogP contribution in [0.15, 0.2) is 66.7 Å². The quantitative estimate of drug-likeness (QED) is 0.382. The Labute approximate surface area is 183 Å². The van der Waals surface area contributed by atoms with Gasteiger partial charge in [-0.2, -0.15) is 0 Å². The van der Waals surface area contributed by atoms with E-state index in [2.05, 4.69) is 15.5 Å². The molecule has 31 heavy (non-hydrogen) atoms. The summed E-state index contributed by atoms with van der Waals surface area (Å²) in [6, 6.07) is 20.4. The summed E-state index contributed by atoms with van der Waals surface area (Å²) >= 11 is 6.40. The molecule has 0 atom stereocenters. The Bertz CT molecular complexity index is 1460. The molecule has 0 amide bonds. The van der Waals surface area contributed by atoms with Crippen LogP contribution in [-0.4, -0.2) is 25.4 Å². The average molecular weight is 428 g/mol. The number of aryl methyl sites for hydroxylation is 2. The van der Waals surface area contributed by atoms with Crippen molar-refractivity contribution in [2.45, 2.75) is 13.8 Å². The number of benzene rings is 3. The van der Waals surface area contributed by atoms with Crippen molar-refractivity contribution in [3.8, 4) is 0 Å². The predicted molar refractivity (Wildman–Crippen MR) is 122 cm³/mol. The SMILES string of the molecule is Cc1ccc(Nc2nc3ccc(C(=O)c4ccccc4)cc3n3c(C)nnc23)c(Cl)c1. The second-order valence-corrected chi connectivity index (χ2v) is 7.78. The summed E-state index contributed by atoms with van der Waals surface area (Å²) in [4.78, 5) is 17.7. The lowest BCUT2D eigenvalue weighted by Crippen LogP contribution is -2.05. The van der Waals surface area contributed by atoms with Crippen LogP contribution < -0.4 is 5.32 Å². The highest BCUT2D eigenvalue weighted by molar-refractivity contribution is 6.33. The Balaban J connectivity index is 1.66. The highest BCUT2D eigenvalue weighted by Gasteiger charge is 2.17. The fourth-order valence-corrected chi connectivity index (χ4v) is 3.88. The molecule has 2 aromatic heterocycles. The second kappa shape index (κ2) is 7.49. The molecular formula is C24H18ClN5O. The Hall–Kier alpha value is -3.77. The van der Waals surface area contributed by atoms with Gasteiger partial charge in [0.2, 0.25) is 5.65 Å². The van der Waals surface area contributed by atoms with Gasteiger partial charge in [0.15, 0.2) is 11.6 Å². The van der Waals surface area contributed by atoms with Crippen LogP contribution in [0, 0.1) is 13.8 Å². The molecule has 1 N–H and O–H groups in total. The number of fused-ring (bicyclic) bond motifs is 3. The highest BCUT2D eigenvalue weighted by atomic mass is 35.5. The summed E-state index contributed by atoms with van der Waals surface area (Å²) < 4.78 is 1.90. The minimum absolute atomic E-state index is 0.0463. The van der Waals surface area contributed by atoms with E-state index in [0.717, 1.165) is 16.8 Å². The van der Waals surface area contributed by atoms with Crippen molar-refractivity contribution in [2.24, 2.45) is 0 Å². The molecular weight excluding hydrogens is 410 g/mol. The third-order valence-corrected chi connectivity index (χ3v) is 5.47. The van der Waals surface area contributed by atoms with Gasteiger partial charge in [-0.1, -0.05) is 48.0 Å². The lowest BCUT2D eigenvalue weighted by atomic mass is 10.0. The van der Waals surface area contributed by atoms with Crippen LogP contribution in [-0.2, 0) is 0 Å². The summed E-state index contributed by atoms with van der Waals surface area (Å²) in [6.07, 6.45) is 0. The maximum atomic E-state index is 12.9. The van der Waals surface area contributed by atoms with Crippen LogP contribution in [0.4, 0.5) is 11.5 Å². The predicted octanol–water partition coefficient (Wildman–Crippen LogP) is 5.52. The average Bonchev–Trinajstić information content (AvgIpc) is 3.18. The van der Waals surface area contributed by atoms with Gasteiger partial charge in [0.05, 0.1) is 21.7 Å². The standard InChI is InChI=1S/C24H18ClN5O/c1-14-8-10-19(18(25)12-14)26-23-24-29-28-15(2)30(24)21-13-17(9-11-20(21)27-23)22(31)16-6-4-3-5-7-16/h3-13H,1-2H3,(H,26,27). The number of halogens is 1. The molecule has 0 aliphatic carbocycles. The maximum absolute atomic E-state index is 12.9. The van der Waals surface area contributed by atoms with E-state index in [-0.39, 0.29) is 5.78 Å². The molecule has 0 aliphatic heterocycles. The number of hydrogen-bond acceptors (Lipinski definition) is 5. The number of anilines is 2. The normalized spacial score (nSPS) is 11.2. The van der Waals surface area contributed by atoms with E-state index in [9.17, 15) is 4.79 Å². The van der Waals surface area contributed by atoms with Gasteiger partial charge in [-0.05, 0) is 49.7 Å². The number of hydrogen-bond donors (Lipinski definition) is 1.